The Morgan fingerprint density at radius 1 is 1.50 bits per heavy atom. The molecule has 0 fully saturated rings. The summed E-state index contributed by atoms with van der Waals surface area (Å²) in [7, 11) is 1.12. The van der Waals surface area contributed by atoms with E-state index in [1.807, 2.05) is 13.0 Å². The van der Waals surface area contributed by atoms with Crippen molar-refractivity contribution < 1.29 is 23.8 Å². The summed E-state index contributed by atoms with van der Waals surface area (Å²) in [6.45, 7) is 2.08. The molecule has 0 saturated carbocycles. The fourth-order valence-electron chi connectivity index (χ4n) is 2.54. The number of methoxy groups -OCH3 is 1. The molecule has 3 aromatic heterocycles. The van der Waals surface area contributed by atoms with Gasteiger partial charge in [-0.3, -0.25) is 4.79 Å². The van der Waals surface area contributed by atoms with Gasteiger partial charge in [-0.25, -0.2) is 14.3 Å². The molecule has 3 aromatic rings. The van der Waals surface area contributed by atoms with Crippen LogP contribution in [0.3, 0.4) is 0 Å². The number of halogens is 1. The summed E-state index contributed by atoms with van der Waals surface area (Å²) in [4.78, 5) is 28.8. The molecule has 0 aliphatic rings. The summed E-state index contributed by atoms with van der Waals surface area (Å²) in [5.41, 5.74) is 1.28. The Bertz CT molecular complexity index is 963. The molecule has 0 radical (unpaired) electrons. The third-order valence-corrected chi connectivity index (χ3v) is 4.65. The van der Waals surface area contributed by atoms with Crippen LogP contribution in [0.2, 0.25) is 4.47 Å². The molecule has 3 heterocycles. The number of ether oxygens (including phenoxy) is 1. The smallest absolute Gasteiger partial charge is 0.383 e. The maximum absolute atomic E-state index is 12.4. The number of imidazole rings is 1. The highest BCUT2D eigenvalue weighted by molar-refractivity contribution is 7.15. The van der Waals surface area contributed by atoms with E-state index in [-0.39, 0.29) is 18.1 Å². The number of aryl methyl sites for hydroxylation is 1. The molecule has 7 nitrogen and oxygen atoms in total. The van der Waals surface area contributed by atoms with E-state index in [1.54, 1.807) is 23.0 Å². The SMILES string of the molecule is COC(=O)C(=O)c1c(O)[n+]2cccc(C)c2n1Cc1cnc(Cl)s1. The molecule has 0 bridgehead atoms. The predicted molar refractivity (Wildman–Crippen MR) is 86.6 cm³/mol. The second-order valence-corrected chi connectivity index (χ2v) is 6.74. The molecule has 0 aromatic carbocycles. The maximum atomic E-state index is 12.4. The predicted octanol–water partition coefficient (Wildman–Crippen LogP) is 1.75. The van der Waals surface area contributed by atoms with Gasteiger partial charge < -0.3 is 9.84 Å². The summed E-state index contributed by atoms with van der Waals surface area (Å²) in [5, 5.41) is 10.5. The highest BCUT2D eigenvalue weighted by Crippen LogP contribution is 2.25. The highest BCUT2D eigenvalue weighted by Gasteiger charge is 2.36. The number of aromatic nitrogens is 3. The van der Waals surface area contributed by atoms with Gasteiger partial charge in [0, 0.05) is 11.8 Å². The Hall–Kier alpha value is -2.45. The number of hydrogen-bond acceptors (Lipinski definition) is 6. The van der Waals surface area contributed by atoms with E-state index in [0.717, 1.165) is 17.6 Å². The lowest BCUT2D eigenvalue weighted by molar-refractivity contribution is -0.521. The van der Waals surface area contributed by atoms with Gasteiger partial charge >= 0.3 is 17.6 Å². The van der Waals surface area contributed by atoms with Gasteiger partial charge in [-0.2, -0.15) is 4.40 Å². The lowest BCUT2D eigenvalue weighted by Crippen LogP contribution is -2.20. The summed E-state index contributed by atoms with van der Waals surface area (Å²) in [6, 6.07) is 3.58. The Labute approximate surface area is 145 Å². The van der Waals surface area contributed by atoms with Crippen LogP contribution >= 0.6 is 22.9 Å². The van der Waals surface area contributed by atoms with Crippen molar-refractivity contribution in [2.75, 3.05) is 7.11 Å². The minimum absolute atomic E-state index is 0.138. The molecule has 0 atom stereocenters. The number of Topliss-reactive ketones (excluding diaryl/α,β-unsaturated/α-hetero) is 1. The summed E-state index contributed by atoms with van der Waals surface area (Å²) >= 11 is 7.12. The molecule has 124 valence electrons. The lowest BCUT2D eigenvalue weighted by Gasteiger charge is -2.01. The molecule has 0 aliphatic heterocycles. The molecule has 9 heteroatoms. The molecule has 0 aliphatic carbocycles. The second-order valence-electron chi connectivity index (χ2n) is 5.04. The molecule has 0 saturated heterocycles. The number of fused-ring (bicyclic) bond motifs is 1. The minimum atomic E-state index is -1.05. The van der Waals surface area contributed by atoms with Crippen molar-refractivity contribution in [3.8, 4) is 5.88 Å². The number of carbonyl (C=O) groups is 2. The monoisotopic (exact) mass is 366 g/mol. The number of thiazole rings is 1. The minimum Gasteiger partial charge on any atom is -0.474 e. The normalized spacial score (nSPS) is 11.0. The number of aromatic hydroxyl groups is 1. The van der Waals surface area contributed by atoms with Crippen LogP contribution in [0.4, 0.5) is 0 Å². The molecule has 0 spiro atoms. The van der Waals surface area contributed by atoms with Crippen LogP contribution in [0.15, 0.2) is 24.5 Å². The van der Waals surface area contributed by atoms with Gasteiger partial charge in [-0.15, -0.1) is 11.3 Å². The van der Waals surface area contributed by atoms with E-state index < -0.39 is 11.8 Å². The number of rotatable bonds is 4. The molecule has 24 heavy (non-hydrogen) atoms. The van der Waals surface area contributed by atoms with E-state index in [0.29, 0.717) is 10.1 Å². The zero-order valence-corrected chi connectivity index (χ0v) is 14.4. The number of nitrogens with zero attached hydrogens (tertiary/aromatic N) is 3. The van der Waals surface area contributed by atoms with Crippen molar-refractivity contribution in [1.29, 1.82) is 0 Å². The van der Waals surface area contributed by atoms with E-state index in [1.165, 1.54) is 15.7 Å². The number of esters is 1. The largest absolute Gasteiger partial charge is 0.474 e. The van der Waals surface area contributed by atoms with Crippen molar-refractivity contribution in [1.82, 2.24) is 9.55 Å². The Balaban J connectivity index is 2.27. The number of pyridine rings is 1. The van der Waals surface area contributed by atoms with Crippen molar-refractivity contribution >= 4 is 40.3 Å². The fourth-order valence-corrected chi connectivity index (χ4v) is 3.51. The number of carbonyl (C=O) groups excluding carboxylic acids is 2. The van der Waals surface area contributed by atoms with Gasteiger partial charge in [-0.05, 0) is 19.1 Å². The van der Waals surface area contributed by atoms with Crippen LogP contribution in [0.1, 0.15) is 20.9 Å². The molecule has 3 rings (SSSR count). The molecule has 0 amide bonds. The number of ketones is 1. The fraction of sp³-hybridized carbons (Fsp3) is 0.200. The highest BCUT2D eigenvalue weighted by atomic mass is 35.5. The summed E-state index contributed by atoms with van der Waals surface area (Å²) in [6.07, 6.45) is 3.20. The first-order chi connectivity index (χ1) is 11.4. The first-order valence-electron chi connectivity index (χ1n) is 6.89. The zero-order chi connectivity index (χ0) is 17.4. The second kappa shape index (κ2) is 6.21. The third kappa shape index (κ3) is 2.63. The van der Waals surface area contributed by atoms with E-state index in [4.69, 9.17) is 11.6 Å². The van der Waals surface area contributed by atoms with Crippen molar-refractivity contribution in [2.24, 2.45) is 0 Å². The van der Waals surface area contributed by atoms with Crippen LogP contribution in [0.25, 0.3) is 5.65 Å². The average molecular weight is 367 g/mol. The van der Waals surface area contributed by atoms with Crippen molar-refractivity contribution in [2.45, 2.75) is 13.5 Å². The Kier molecular flexibility index (Phi) is 4.25. The number of hydrogen-bond donors (Lipinski definition) is 1. The summed E-state index contributed by atoms with van der Waals surface area (Å²) in [5.74, 6) is -2.29. The van der Waals surface area contributed by atoms with Crippen LogP contribution in [-0.4, -0.2) is 33.5 Å². The van der Waals surface area contributed by atoms with Crippen LogP contribution in [-0.2, 0) is 16.1 Å². The first-order valence-corrected chi connectivity index (χ1v) is 8.08. The third-order valence-electron chi connectivity index (χ3n) is 3.55. The average Bonchev–Trinajstić information content (AvgIpc) is 3.09. The Morgan fingerprint density at radius 3 is 2.88 bits per heavy atom. The summed E-state index contributed by atoms with van der Waals surface area (Å²) < 4.78 is 7.89. The van der Waals surface area contributed by atoms with Crippen LogP contribution in [0, 0.1) is 6.92 Å². The first kappa shape index (κ1) is 16.4. The van der Waals surface area contributed by atoms with Gasteiger partial charge in [-0.1, -0.05) is 11.6 Å². The molecule has 1 N–H and O–H groups in total. The van der Waals surface area contributed by atoms with E-state index >= 15 is 0 Å². The standard InChI is InChI=1S/C15H12ClN3O4S/c1-8-4-3-5-18-12(8)19(7-9-6-17-15(16)24-9)10(13(18)21)11(20)14(22)23-2/h3-6H,7H2,1-2H3/p+1. The van der Waals surface area contributed by atoms with Gasteiger partial charge in [0.15, 0.2) is 4.47 Å². The van der Waals surface area contributed by atoms with E-state index in [2.05, 4.69) is 9.72 Å². The van der Waals surface area contributed by atoms with Gasteiger partial charge in [0.25, 0.3) is 11.3 Å². The van der Waals surface area contributed by atoms with Crippen molar-refractivity contribution in [3.05, 3.63) is 45.1 Å². The molecule has 0 unspecified atom stereocenters. The molecular weight excluding hydrogens is 354 g/mol. The maximum Gasteiger partial charge on any atom is 0.383 e. The van der Waals surface area contributed by atoms with E-state index in [9.17, 15) is 14.7 Å². The van der Waals surface area contributed by atoms with Gasteiger partial charge in [0.1, 0.15) is 6.54 Å². The quantitative estimate of drug-likeness (QED) is 0.329. The van der Waals surface area contributed by atoms with Gasteiger partial charge in [0.2, 0.25) is 0 Å². The molecular formula is C15H13ClN3O4S+. The Morgan fingerprint density at radius 2 is 2.25 bits per heavy atom. The van der Waals surface area contributed by atoms with Crippen LogP contribution < -0.4 is 4.40 Å². The lowest BCUT2D eigenvalue weighted by atomic mass is 10.2. The topological polar surface area (TPSA) is 85.5 Å². The van der Waals surface area contributed by atoms with Crippen molar-refractivity contribution in [3.63, 3.8) is 0 Å². The zero-order valence-electron chi connectivity index (χ0n) is 12.8. The van der Waals surface area contributed by atoms with Crippen LogP contribution in [0.5, 0.6) is 5.88 Å². The van der Waals surface area contributed by atoms with Gasteiger partial charge in [0.05, 0.1) is 18.2 Å².